The zero-order valence-electron chi connectivity index (χ0n) is 22.9. The lowest BCUT2D eigenvalue weighted by molar-refractivity contribution is -0.715. The number of imide groups is 1. The van der Waals surface area contributed by atoms with Crippen LogP contribution in [0.2, 0.25) is 0 Å². The average molecular weight is 597 g/mol. The summed E-state index contributed by atoms with van der Waals surface area (Å²) in [7, 11) is 2.94. The van der Waals surface area contributed by atoms with Crippen LogP contribution in [0.1, 0.15) is 31.2 Å². The molecule has 2 amide bonds. The van der Waals surface area contributed by atoms with Crippen molar-refractivity contribution in [3.63, 3.8) is 0 Å². The summed E-state index contributed by atoms with van der Waals surface area (Å²) in [4.78, 5) is 42.6. The summed E-state index contributed by atoms with van der Waals surface area (Å²) in [6.45, 7) is 1.69. The van der Waals surface area contributed by atoms with Crippen LogP contribution in [-0.2, 0) is 28.7 Å². The number of carbonyl (C=O) groups excluding carboxylic acids is 3. The zero-order chi connectivity index (χ0) is 29.6. The lowest BCUT2D eigenvalue weighted by Gasteiger charge is -2.21. The number of unbranched alkanes of at least 4 members (excludes halogenated alkanes) is 1. The van der Waals surface area contributed by atoms with Crippen molar-refractivity contribution in [1.29, 1.82) is 0 Å². The third kappa shape index (κ3) is 9.53. The predicted octanol–water partition coefficient (Wildman–Crippen LogP) is 2.79. The van der Waals surface area contributed by atoms with Gasteiger partial charge in [-0.15, -0.1) is 5.01 Å². The highest BCUT2D eigenvalue weighted by molar-refractivity contribution is 6.43. The van der Waals surface area contributed by atoms with E-state index >= 15 is 0 Å². The average Bonchev–Trinajstić information content (AvgIpc) is 2.99. The van der Waals surface area contributed by atoms with Gasteiger partial charge in [-0.1, -0.05) is 17.7 Å². The maximum absolute atomic E-state index is 12.5. The third-order valence-corrected chi connectivity index (χ3v) is 6.26. The number of hydrogen-bond acceptors (Lipinski definition) is 11. The van der Waals surface area contributed by atoms with Crippen LogP contribution in [0, 0.1) is 5.21 Å². The van der Waals surface area contributed by atoms with Gasteiger partial charge in [0.05, 0.1) is 39.0 Å². The fourth-order valence-corrected chi connectivity index (χ4v) is 4.01. The van der Waals surface area contributed by atoms with Gasteiger partial charge in [-0.3, -0.25) is 19.3 Å². The van der Waals surface area contributed by atoms with E-state index in [2.05, 4.69) is 5.28 Å². The van der Waals surface area contributed by atoms with E-state index in [1.165, 1.54) is 31.4 Å². The molecule has 2 aliphatic heterocycles. The summed E-state index contributed by atoms with van der Waals surface area (Å²) in [5.74, 6) is -0.406. The molecule has 1 fully saturated rings. The summed E-state index contributed by atoms with van der Waals surface area (Å²) >= 11 is 5.85. The monoisotopic (exact) mass is 596 g/mol. The molecule has 2 aliphatic rings. The van der Waals surface area contributed by atoms with E-state index in [1.54, 1.807) is 18.2 Å². The highest BCUT2D eigenvalue weighted by Crippen LogP contribution is 2.39. The van der Waals surface area contributed by atoms with E-state index < -0.39 is 24.6 Å². The van der Waals surface area contributed by atoms with Crippen molar-refractivity contribution in [2.24, 2.45) is 5.28 Å². The van der Waals surface area contributed by atoms with Gasteiger partial charge in [-0.05, 0) is 43.0 Å². The number of amides is 2. The first kappa shape index (κ1) is 31.5. The van der Waals surface area contributed by atoms with Crippen molar-refractivity contribution < 1.29 is 47.9 Å². The van der Waals surface area contributed by atoms with Crippen LogP contribution < -0.4 is 14.2 Å². The van der Waals surface area contributed by atoms with Crippen molar-refractivity contribution in [3.05, 3.63) is 40.1 Å². The second-order valence-corrected chi connectivity index (χ2v) is 9.10. The van der Waals surface area contributed by atoms with Crippen LogP contribution in [0.3, 0.4) is 0 Å². The Morgan fingerprint density at radius 3 is 2.54 bits per heavy atom. The zero-order valence-corrected chi connectivity index (χ0v) is 23.7. The van der Waals surface area contributed by atoms with E-state index in [0.717, 1.165) is 4.90 Å². The molecule has 0 saturated carbocycles. The number of benzene rings is 1. The Kier molecular flexibility index (Phi) is 12.5. The Morgan fingerprint density at radius 1 is 1.15 bits per heavy atom. The Morgan fingerprint density at radius 2 is 1.85 bits per heavy atom. The fourth-order valence-electron chi connectivity index (χ4n) is 3.80. The Balaban J connectivity index is 1.42. The molecule has 2 heterocycles. The fraction of sp³-hybridized carbons (Fsp3) is 0.500. The Bertz CT molecular complexity index is 1140. The number of carbonyl (C=O) groups is 3. The molecular formula is C26H33ClN4O10. The normalized spacial score (nSPS) is 15.9. The van der Waals surface area contributed by atoms with Gasteiger partial charge in [0.15, 0.2) is 11.5 Å². The lowest BCUT2D eigenvalue weighted by atomic mass is 10.1. The number of hydrazine groups is 1. The Hall–Kier alpha value is -4.04. The van der Waals surface area contributed by atoms with Crippen molar-refractivity contribution in [3.8, 4) is 17.2 Å². The molecule has 1 saturated heterocycles. The molecule has 3 rings (SSSR count). The number of hydrogen-bond donors (Lipinski definition) is 0. The minimum atomic E-state index is -0.529. The molecular weight excluding hydrogens is 564 g/mol. The number of esters is 1. The van der Waals surface area contributed by atoms with Gasteiger partial charge in [0, 0.05) is 19.0 Å². The largest absolute Gasteiger partial charge is 0.569 e. The van der Waals surface area contributed by atoms with Gasteiger partial charge in [-0.2, -0.15) is 0 Å². The van der Waals surface area contributed by atoms with Gasteiger partial charge < -0.3 is 33.7 Å². The number of halogens is 1. The van der Waals surface area contributed by atoms with Gasteiger partial charge in [0.1, 0.15) is 18.1 Å². The van der Waals surface area contributed by atoms with Crippen LogP contribution in [-0.4, -0.2) is 93.1 Å². The highest BCUT2D eigenvalue weighted by Gasteiger charge is 2.25. The number of rotatable bonds is 14. The maximum Gasteiger partial charge on any atom is 0.308 e. The van der Waals surface area contributed by atoms with Crippen molar-refractivity contribution in [2.75, 3.05) is 60.5 Å². The SMILES string of the molecule is COc1cc(/C=C/C(=O)N2CCC=C(Cl)C2=O)cc(OC)c1OCCCCC(=O)OCO/N=[N+](\[O-])N1CCOCC1. The lowest BCUT2D eigenvalue weighted by Crippen LogP contribution is -2.40. The topological polar surface area (TPSA) is 152 Å². The minimum Gasteiger partial charge on any atom is -0.569 e. The summed E-state index contributed by atoms with van der Waals surface area (Å²) in [6.07, 6.45) is 6.01. The van der Waals surface area contributed by atoms with Crippen molar-refractivity contribution in [2.45, 2.75) is 25.7 Å². The molecule has 41 heavy (non-hydrogen) atoms. The van der Waals surface area contributed by atoms with Crippen molar-refractivity contribution in [1.82, 2.24) is 9.91 Å². The van der Waals surface area contributed by atoms with Gasteiger partial charge in [0.2, 0.25) is 11.0 Å². The quantitative estimate of drug-likeness (QED) is 0.0593. The molecule has 14 nitrogen and oxygen atoms in total. The molecule has 0 aliphatic carbocycles. The number of nitrogens with zero attached hydrogens (tertiary/aromatic N) is 4. The summed E-state index contributed by atoms with van der Waals surface area (Å²) < 4.78 is 26.8. The van der Waals surface area contributed by atoms with Crippen LogP contribution in [0.5, 0.6) is 17.2 Å². The molecule has 0 aromatic heterocycles. The third-order valence-electron chi connectivity index (χ3n) is 5.94. The molecule has 0 radical (unpaired) electrons. The summed E-state index contributed by atoms with van der Waals surface area (Å²) in [5.41, 5.74) is 0.590. The first-order valence-corrected chi connectivity index (χ1v) is 13.3. The van der Waals surface area contributed by atoms with Crippen molar-refractivity contribution >= 4 is 35.5 Å². The maximum atomic E-state index is 12.5. The molecule has 0 atom stereocenters. The molecule has 1 aromatic carbocycles. The second-order valence-electron chi connectivity index (χ2n) is 8.69. The van der Waals surface area contributed by atoms with Crippen LogP contribution in [0.25, 0.3) is 6.08 Å². The van der Waals surface area contributed by atoms with E-state index in [9.17, 15) is 19.6 Å². The number of ether oxygens (including phenoxy) is 5. The summed E-state index contributed by atoms with van der Waals surface area (Å²) in [5, 5.41) is 16.5. The molecule has 0 unspecified atom stereocenters. The standard InChI is InChI=1S/C26H33ClN4O10/c1-36-21-16-19(8-9-23(32)30-10-5-6-20(27)26(30)34)17-22(37-2)25(21)39-13-4-3-7-24(33)40-18-41-28-31(35)29-11-14-38-15-12-29/h6,8-9,16-17H,3-5,7,10-15,18H2,1-2H3/b9-8+,31-28-. The van der Waals surface area contributed by atoms with E-state index in [4.69, 9.17) is 40.1 Å². The van der Waals surface area contributed by atoms with E-state index in [0.29, 0.717) is 73.3 Å². The van der Waals surface area contributed by atoms with E-state index in [-0.39, 0.29) is 24.6 Å². The van der Waals surface area contributed by atoms with Gasteiger partial charge >= 0.3 is 5.97 Å². The molecule has 0 bridgehead atoms. The van der Waals surface area contributed by atoms with E-state index in [1.807, 2.05) is 0 Å². The highest BCUT2D eigenvalue weighted by atomic mass is 35.5. The van der Waals surface area contributed by atoms with Crippen LogP contribution in [0.15, 0.2) is 34.6 Å². The first-order valence-electron chi connectivity index (χ1n) is 12.9. The van der Waals surface area contributed by atoms with Crippen LogP contribution >= 0.6 is 11.6 Å². The molecule has 15 heteroatoms. The van der Waals surface area contributed by atoms with Gasteiger partial charge in [0.25, 0.3) is 18.6 Å². The van der Waals surface area contributed by atoms with Gasteiger partial charge in [-0.25, -0.2) is 0 Å². The second kappa shape index (κ2) is 16.3. The molecule has 1 aromatic rings. The molecule has 0 N–H and O–H groups in total. The molecule has 0 spiro atoms. The number of methoxy groups -OCH3 is 2. The Labute approximate surface area is 242 Å². The van der Waals surface area contributed by atoms with Crippen LogP contribution in [0.4, 0.5) is 0 Å². The minimum absolute atomic E-state index is 0.0247. The first-order chi connectivity index (χ1) is 19.8. The summed E-state index contributed by atoms with van der Waals surface area (Å²) in [6, 6.07) is 3.33. The number of morpholine rings is 1. The predicted molar refractivity (Wildman–Crippen MR) is 144 cm³/mol. The smallest absolute Gasteiger partial charge is 0.308 e. The molecule has 224 valence electrons.